The number of nitrogens with zero attached hydrogens (tertiary/aromatic N) is 2. The first-order chi connectivity index (χ1) is 10.5. The summed E-state index contributed by atoms with van der Waals surface area (Å²) in [5, 5.41) is 13.5. The summed E-state index contributed by atoms with van der Waals surface area (Å²) in [6.45, 7) is 3.95. The van der Waals surface area contributed by atoms with Crippen LogP contribution in [-0.2, 0) is 0 Å². The first-order valence-corrected chi connectivity index (χ1v) is 8.07. The highest BCUT2D eigenvalue weighted by atomic mass is 35.5. The van der Waals surface area contributed by atoms with Gasteiger partial charge in [0, 0.05) is 22.4 Å². The van der Waals surface area contributed by atoms with E-state index in [4.69, 9.17) is 11.6 Å². The Morgan fingerprint density at radius 2 is 2.18 bits per heavy atom. The van der Waals surface area contributed by atoms with Crippen molar-refractivity contribution in [1.29, 1.82) is 0 Å². The quantitative estimate of drug-likeness (QED) is 0.288. The highest BCUT2D eigenvalue weighted by Crippen LogP contribution is 2.21. The molecule has 0 aliphatic carbocycles. The Bertz CT molecular complexity index is 744. The Morgan fingerprint density at radius 1 is 1.45 bits per heavy atom. The van der Waals surface area contributed by atoms with E-state index in [1.807, 2.05) is 19.9 Å². The van der Waals surface area contributed by atoms with Gasteiger partial charge in [-0.2, -0.15) is 0 Å². The molecule has 0 saturated heterocycles. The smallest absolute Gasteiger partial charge is 0.251 e. The lowest BCUT2D eigenvalue weighted by Gasteiger charge is -2.08. The van der Waals surface area contributed by atoms with Gasteiger partial charge in [-0.25, -0.2) is 4.98 Å². The molecule has 116 valence electrons. The molecule has 2 rings (SSSR count). The van der Waals surface area contributed by atoms with Crippen molar-refractivity contribution in [2.45, 2.75) is 24.9 Å². The van der Waals surface area contributed by atoms with Gasteiger partial charge in [0.05, 0.1) is 11.4 Å². The molecule has 7 heteroatoms. The first-order valence-electron chi connectivity index (χ1n) is 6.71. The molecule has 2 N–H and O–H groups in total. The van der Waals surface area contributed by atoms with E-state index in [2.05, 4.69) is 15.1 Å². The van der Waals surface area contributed by atoms with Crippen molar-refractivity contribution in [1.82, 2.24) is 9.97 Å². The molecule has 1 heterocycles. The molecule has 0 radical (unpaired) electrons. The van der Waals surface area contributed by atoms with Crippen molar-refractivity contribution in [3.05, 3.63) is 57.0 Å². The van der Waals surface area contributed by atoms with E-state index in [1.54, 1.807) is 18.2 Å². The SMILES string of the molecule is CC(C)c1cc(=O)[nH]c(SC/C(=N\O)c2ccccc2Cl)n1. The summed E-state index contributed by atoms with van der Waals surface area (Å²) in [5.74, 6) is 0.501. The van der Waals surface area contributed by atoms with Crippen LogP contribution < -0.4 is 5.56 Å². The standard InChI is InChI=1S/C15H16ClN3O2S/c1-9(2)12-7-14(20)18-15(17-12)22-8-13(19-21)10-5-3-4-6-11(10)16/h3-7,9,21H,8H2,1-2H3,(H,17,18,20)/b19-13+. The maximum Gasteiger partial charge on any atom is 0.251 e. The van der Waals surface area contributed by atoms with Crippen LogP contribution in [0.5, 0.6) is 0 Å². The molecule has 1 aromatic carbocycles. The van der Waals surface area contributed by atoms with Crippen LogP contribution in [0.4, 0.5) is 0 Å². The third kappa shape index (κ3) is 4.11. The topological polar surface area (TPSA) is 78.3 Å². The zero-order valence-electron chi connectivity index (χ0n) is 12.2. The first kappa shape index (κ1) is 16.6. The maximum absolute atomic E-state index is 11.6. The predicted octanol–water partition coefficient (Wildman–Crippen LogP) is 3.52. The minimum absolute atomic E-state index is 0.163. The van der Waals surface area contributed by atoms with Crippen LogP contribution in [-0.4, -0.2) is 26.6 Å². The van der Waals surface area contributed by atoms with Crippen LogP contribution >= 0.6 is 23.4 Å². The number of hydrogen-bond donors (Lipinski definition) is 2. The Labute approximate surface area is 137 Å². The predicted molar refractivity (Wildman–Crippen MR) is 89.4 cm³/mol. The third-order valence-corrected chi connectivity index (χ3v) is 4.20. The van der Waals surface area contributed by atoms with E-state index in [1.165, 1.54) is 17.8 Å². The maximum atomic E-state index is 11.6. The molecule has 0 unspecified atom stereocenters. The molecule has 2 aromatic rings. The van der Waals surface area contributed by atoms with Gasteiger partial charge in [0.15, 0.2) is 5.16 Å². The van der Waals surface area contributed by atoms with Crippen LogP contribution in [0, 0.1) is 0 Å². The normalized spacial score (nSPS) is 11.9. The number of thioether (sulfide) groups is 1. The van der Waals surface area contributed by atoms with Crippen molar-refractivity contribution >= 4 is 29.1 Å². The van der Waals surface area contributed by atoms with Gasteiger partial charge < -0.3 is 10.2 Å². The summed E-state index contributed by atoms with van der Waals surface area (Å²) < 4.78 is 0. The Hall–Kier alpha value is -1.79. The van der Waals surface area contributed by atoms with Crippen LogP contribution in [0.15, 0.2) is 45.4 Å². The van der Waals surface area contributed by atoms with Crippen molar-refractivity contribution in [3.63, 3.8) is 0 Å². The highest BCUT2D eigenvalue weighted by molar-refractivity contribution is 7.99. The number of H-pyrrole nitrogens is 1. The molecule has 22 heavy (non-hydrogen) atoms. The van der Waals surface area contributed by atoms with Gasteiger partial charge in [-0.3, -0.25) is 4.79 Å². The molecule has 0 fully saturated rings. The molecule has 0 spiro atoms. The number of rotatable bonds is 5. The number of benzene rings is 1. The lowest BCUT2D eigenvalue weighted by atomic mass is 10.1. The van der Waals surface area contributed by atoms with E-state index in [-0.39, 0.29) is 11.5 Å². The Balaban J connectivity index is 2.19. The van der Waals surface area contributed by atoms with Gasteiger partial charge >= 0.3 is 0 Å². The van der Waals surface area contributed by atoms with Crippen LogP contribution in [0.2, 0.25) is 5.02 Å². The van der Waals surface area contributed by atoms with Crippen LogP contribution in [0.1, 0.15) is 31.0 Å². The van der Waals surface area contributed by atoms with Gasteiger partial charge in [0.1, 0.15) is 0 Å². The Morgan fingerprint density at radius 3 is 2.82 bits per heavy atom. The number of hydrogen-bond acceptors (Lipinski definition) is 5. The molecule has 0 aliphatic heterocycles. The van der Waals surface area contributed by atoms with Gasteiger partial charge in [-0.05, 0) is 12.0 Å². The van der Waals surface area contributed by atoms with Gasteiger partial charge in [0.2, 0.25) is 0 Å². The fourth-order valence-electron chi connectivity index (χ4n) is 1.81. The lowest BCUT2D eigenvalue weighted by Crippen LogP contribution is -2.12. The second-order valence-corrected chi connectivity index (χ2v) is 6.32. The van der Waals surface area contributed by atoms with Crippen molar-refractivity contribution in [3.8, 4) is 0 Å². The van der Waals surface area contributed by atoms with Crippen LogP contribution in [0.3, 0.4) is 0 Å². The molecule has 5 nitrogen and oxygen atoms in total. The fourth-order valence-corrected chi connectivity index (χ4v) is 2.88. The minimum Gasteiger partial charge on any atom is -0.411 e. The van der Waals surface area contributed by atoms with E-state index in [0.717, 1.165) is 5.69 Å². The van der Waals surface area contributed by atoms with Crippen molar-refractivity contribution in [2.24, 2.45) is 5.16 Å². The molecular weight excluding hydrogens is 322 g/mol. The third-order valence-electron chi connectivity index (χ3n) is 2.98. The molecule has 0 amide bonds. The van der Waals surface area contributed by atoms with E-state index in [9.17, 15) is 10.0 Å². The number of oxime groups is 1. The molecule has 1 aromatic heterocycles. The number of nitrogens with one attached hydrogen (secondary N) is 1. The highest BCUT2D eigenvalue weighted by Gasteiger charge is 2.11. The zero-order valence-corrected chi connectivity index (χ0v) is 13.8. The zero-order chi connectivity index (χ0) is 16.1. The molecule has 0 bridgehead atoms. The number of aromatic nitrogens is 2. The monoisotopic (exact) mass is 337 g/mol. The van der Waals surface area contributed by atoms with Gasteiger partial charge in [0.25, 0.3) is 5.56 Å². The summed E-state index contributed by atoms with van der Waals surface area (Å²) >= 11 is 7.38. The van der Waals surface area contributed by atoms with Crippen molar-refractivity contribution < 1.29 is 5.21 Å². The number of aromatic amines is 1. The second kappa shape index (κ2) is 7.47. The van der Waals surface area contributed by atoms with Gasteiger partial charge in [-0.15, -0.1) is 0 Å². The molecular formula is C15H16ClN3O2S. The summed E-state index contributed by atoms with van der Waals surface area (Å²) in [5.41, 5.74) is 1.61. The average Bonchev–Trinajstić information content (AvgIpc) is 2.49. The molecule has 0 saturated carbocycles. The van der Waals surface area contributed by atoms with E-state index >= 15 is 0 Å². The number of halogens is 1. The Kier molecular flexibility index (Phi) is 5.63. The molecule has 0 atom stereocenters. The summed E-state index contributed by atoms with van der Waals surface area (Å²) in [4.78, 5) is 18.7. The summed E-state index contributed by atoms with van der Waals surface area (Å²) in [6, 6.07) is 8.62. The lowest BCUT2D eigenvalue weighted by molar-refractivity contribution is 0.319. The van der Waals surface area contributed by atoms with Crippen molar-refractivity contribution in [2.75, 3.05) is 5.75 Å². The van der Waals surface area contributed by atoms with Crippen LogP contribution in [0.25, 0.3) is 0 Å². The van der Waals surface area contributed by atoms with E-state index in [0.29, 0.717) is 27.2 Å². The second-order valence-electron chi connectivity index (χ2n) is 4.95. The summed E-state index contributed by atoms with van der Waals surface area (Å²) in [6.07, 6.45) is 0. The molecule has 0 aliphatic rings. The largest absolute Gasteiger partial charge is 0.411 e. The van der Waals surface area contributed by atoms with Gasteiger partial charge in [-0.1, -0.05) is 60.6 Å². The fraction of sp³-hybridized carbons (Fsp3) is 0.267. The minimum atomic E-state index is -0.193. The summed E-state index contributed by atoms with van der Waals surface area (Å²) in [7, 11) is 0. The van der Waals surface area contributed by atoms with E-state index < -0.39 is 0 Å². The average molecular weight is 338 g/mol.